The second-order valence-corrected chi connectivity index (χ2v) is 6.17. The van der Waals surface area contributed by atoms with E-state index in [1.54, 1.807) is 0 Å². The summed E-state index contributed by atoms with van der Waals surface area (Å²) in [5.74, 6) is 0. The standard InChI is InChI=1S/C18H29NO/c1-3-17-10-5-4-6-12-19(17)13-11-18(20)16-9-7-8-15(2)14-16/h7-9,14,17-18,20H,3-6,10-13H2,1-2H3. The van der Waals surface area contributed by atoms with Gasteiger partial charge in [0.15, 0.2) is 0 Å². The number of nitrogens with zero attached hydrogens (tertiary/aromatic N) is 1. The Morgan fingerprint density at radius 3 is 2.90 bits per heavy atom. The zero-order chi connectivity index (χ0) is 14.4. The summed E-state index contributed by atoms with van der Waals surface area (Å²) >= 11 is 0. The largest absolute Gasteiger partial charge is 0.388 e. The van der Waals surface area contributed by atoms with E-state index in [4.69, 9.17) is 0 Å². The molecule has 112 valence electrons. The van der Waals surface area contributed by atoms with Gasteiger partial charge in [-0.05, 0) is 44.7 Å². The van der Waals surface area contributed by atoms with Crippen LogP contribution >= 0.6 is 0 Å². The monoisotopic (exact) mass is 275 g/mol. The molecule has 1 saturated heterocycles. The molecule has 2 atom stereocenters. The first kappa shape index (κ1) is 15.5. The Bertz CT molecular complexity index is 404. The highest BCUT2D eigenvalue weighted by atomic mass is 16.3. The van der Waals surface area contributed by atoms with Gasteiger partial charge in [-0.2, -0.15) is 0 Å². The van der Waals surface area contributed by atoms with Crippen molar-refractivity contribution in [3.8, 4) is 0 Å². The number of likely N-dealkylation sites (tertiary alicyclic amines) is 1. The zero-order valence-electron chi connectivity index (χ0n) is 13.0. The van der Waals surface area contributed by atoms with Gasteiger partial charge in [0.05, 0.1) is 6.10 Å². The lowest BCUT2D eigenvalue weighted by Gasteiger charge is -2.30. The Labute approximate surface area is 123 Å². The van der Waals surface area contributed by atoms with Crippen LogP contribution in [0, 0.1) is 6.92 Å². The van der Waals surface area contributed by atoms with Crippen LogP contribution in [0.5, 0.6) is 0 Å². The topological polar surface area (TPSA) is 23.5 Å². The predicted molar refractivity (Wildman–Crippen MR) is 84.9 cm³/mol. The molecule has 2 rings (SSSR count). The van der Waals surface area contributed by atoms with Crippen molar-refractivity contribution in [2.75, 3.05) is 13.1 Å². The van der Waals surface area contributed by atoms with Gasteiger partial charge in [-0.15, -0.1) is 0 Å². The molecule has 0 spiro atoms. The first-order valence-corrected chi connectivity index (χ1v) is 8.19. The minimum absolute atomic E-state index is 0.323. The van der Waals surface area contributed by atoms with Gasteiger partial charge in [0.25, 0.3) is 0 Å². The normalized spacial score (nSPS) is 22.4. The molecule has 1 heterocycles. The highest BCUT2D eigenvalue weighted by molar-refractivity contribution is 5.23. The Morgan fingerprint density at radius 1 is 1.30 bits per heavy atom. The minimum atomic E-state index is -0.323. The van der Waals surface area contributed by atoms with Crippen molar-refractivity contribution in [1.29, 1.82) is 0 Å². The van der Waals surface area contributed by atoms with Crippen LogP contribution in [0.1, 0.15) is 62.7 Å². The van der Waals surface area contributed by atoms with Crippen molar-refractivity contribution in [2.24, 2.45) is 0 Å². The molecular formula is C18H29NO. The lowest BCUT2D eigenvalue weighted by Crippen LogP contribution is -2.35. The fraction of sp³-hybridized carbons (Fsp3) is 0.667. The van der Waals surface area contributed by atoms with Gasteiger partial charge in [0.1, 0.15) is 0 Å². The maximum Gasteiger partial charge on any atom is 0.0802 e. The molecular weight excluding hydrogens is 246 g/mol. The van der Waals surface area contributed by atoms with Crippen LogP contribution < -0.4 is 0 Å². The van der Waals surface area contributed by atoms with Crippen LogP contribution in [-0.4, -0.2) is 29.1 Å². The Morgan fingerprint density at radius 2 is 2.15 bits per heavy atom. The van der Waals surface area contributed by atoms with E-state index in [1.165, 1.54) is 44.2 Å². The van der Waals surface area contributed by atoms with Crippen molar-refractivity contribution in [3.63, 3.8) is 0 Å². The second-order valence-electron chi connectivity index (χ2n) is 6.17. The number of aliphatic hydroxyl groups is 1. The molecule has 2 unspecified atom stereocenters. The third-order valence-corrected chi connectivity index (χ3v) is 4.59. The summed E-state index contributed by atoms with van der Waals surface area (Å²) in [5, 5.41) is 10.4. The summed E-state index contributed by atoms with van der Waals surface area (Å²) in [6, 6.07) is 8.98. The highest BCUT2D eigenvalue weighted by Gasteiger charge is 2.20. The van der Waals surface area contributed by atoms with E-state index in [0.29, 0.717) is 0 Å². The lowest BCUT2D eigenvalue weighted by atomic mass is 10.0. The first-order chi connectivity index (χ1) is 9.70. The van der Waals surface area contributed by atoms with Crippen molar-refractivity contribution >= 4 is 0 Å². The predicted octanol–water partition coefficient (Wildman–Crippen LogP) is 4.07. The van der Waals surface area contributed by atoms with Crippen molar-refractivity contribution in [2.45, 2.75) is 64.5 Å². The molecule has 1 fully saturated rings. The number of aliphatic hydroxyl groups excluding tert-OH is 1. The van der Waals surface area contributed by atoms with Crippen LogP contribution in [0.2, 0.25) is 0 Å². The summed E-state index contributed by atoms with van der Waals surface area (Å²) in [4.78, 5) is 2.60. The average molecular weight is 275 g/mol. The van der Waals surface area contributed by atoms with Crippen LogP contribution in [0.15, 0.2) is 24.3 Å². The third-order valence-electron chi connectivity index (χ3n) is 4.59. The summed E-state index contributed by atoms with van der Waals surface area (Å²) in [7, 11) is 0. The molecule has 1 aromatic rings. The zero-order valence-corrected chi connectivity index (χ0v) is 13.0. The minimum Gasteiger partial charge on any atom is -0.388 e. The van der Waals surface area contributed by atoms with E-state index in [2.05, 4.69) is 30.9 Å². The van der Waals surface area contributed by atoms with E-state index < -0.39 is 0 Å². The fourth-order valence-electron chi connectivity index (χ4n) is 3.33. The van der Waals surface area contributed by atoms with Gasteiger partial charge < -0.3 is 10.0 Å². The van der Waals surface area contributed by atoms with Crippen molar-refractivity contribution < 1.29 is 5.11 Å². The quantitative estimate of drug-likeness (QED) is 0.875. The van der Waals surface area contributed by atoms with E-state index in [-0.39, 0.29) is 6.10 Å². The maximum atomic E-state index is 10.4. The highest BCUT2D eigenvalue weighted by Crippen LogP contribution is 2.23. The second kappa shape index (κ2) is 7.80. The van der Waals surface area contributed by atoms with Crippen LogP contribution in [0.3, 0.4) is 0 Å². The number of hydrogen-bond acceptors (Lipinski definition) is 2. The molecule has 1 aliphatic rings. The van der Waals surface area contributed by atoms with E-state index in [9.17, 15) is 5.11 Å². The van der Waals surface area contributed by atoms with Crippen LogP contribution in [-0.2, 0) is 0 Å². The van der Waals surface area contributed by atoms with Gasteiger partial charge in [0, 0.05) is 12.6 Å². The van der Waals surface area contributed by atoms with Crippen LogP contribution in [0.4, 0.5) is 0 Å². The molecule has 0 amide bonds. The van der Waals surface area contributed by atoms with Gasteiger partial charge in [-0.3, -0.25) is 0 Å². The molecule has 1 N–H and O–H groups in total. The molecule has 0 saturated carbocycles. The maximum absolute atomic E-state index is 10.4. The summed E-state index contributed by atoms with van der Waals surface area (Å²) in [6.45, 7) is 6.60. The van der Waals surface area contributed by atoms with E-state index >= 15 is 0 Å². The average Bonchev–Trinajstić information content (AvgIpc) is 2.69. The summed E-state index contributed by atoms with van der Waals surface area (Å²) < 4.78 is 0. The lowest BCUT2D eigenvalue weighted by molar-refractivity contribution is 0.122. The molecule has 2 heteroatoms. The number of rotatable bonds is 5. The number of benzene rings is 1. The Hall–Kier alpha value is -0.860. The first-order valence-electron chi connectivity index (χ1n) is 8.19. The SMILES string of the molecule is CCC1CCCCCN1CCC(O)c1cccc(C)c1. The van der Waals surface area contributed by atoms with E-state index in [1.807, 2.05) is 12.1 Å². The molecule has 1 aromatic carbocycles. The van der Waals surface area contributed by atoms with Crippen LogP contribution in [0.25, 0.3) is 0 Å². The summed E-state index contributed by atoms with van der Waals surface area (Å²) in [5.41, 5.74) is 2.29. The van der Waals surface area contributed by atoms with Crippen molar-refractivity contribution in [3.05, 3.63) is 35.4 Å². The third kappa shape index (κ3) is 4.32. The molecule has 2 nitrogen and oxygen atoms in total. The van der Waals surface area contributed by atoms with Gasteiger partial charge in [0.2, 0.25) is 0 Å². The van der Waals surface area contributed by atoms with Gasteiger partial charge in [-0.1, -0.05) is 49.6 Å². The Kier molecular flexibility index (Phi) is 6.06. The number of hydrogen-bond donors (Lipinski definition) is 1. The smallest absolute Gasteiger partial charge is 0.0802 e. The number of aryl methyl sites for hydroxylation is 1. The molecule has 0 aromatic heterocycles. The molecule has 20 heavy (non-hydrogen) atoms. The Balaban J connectivity index is 1.89. The molecule has 0 radical (unpaired) electrons. The molecule has 0 bridgehead atoms. The fourth-order valence-corrected chi connectivity index (χ4v) is 3.33. The van der Waals surface area contributed by atoms with Crippen molar-refractivity contribution in [1.82, 2.24) is 4.90 Å². The van der Waals surface area contributed by atoms with Gasteiger partial charge in [-0.25, -0.2) is 0 Å². The van der Waals surface area contributed by atoms with Gasteiger partial charge >= 0.3 is 0 Å². The molecule has 0 aliphatic carbocycles. The summed E-state index contributed by atoms with van der Waals surface area (Å²) in [6.07, 6.45) is 7.15. The van der Waals surface area contributed by atoms with E-state index in [0.717, 1.165) is 24.6 Å². The molecule has 1 aliphatic heterocycles.